The molecule has 2 atom stereocenters. The monoisotopic (exact) mass is 940 g/mol. The lowest BCUT2D eigenvalue weighted by Gasteiger charge is -2.48. The molecule has 3 spiro atoms. The van der Waals surface area contributed by atoms with Crippen molar-refractivity contribution in [2.24, 2.45) is 16.2 Å². The second-order valence-electron chi connectivity index (χ2n) is 22.3. The number of benzene rings is 3. The van der Waals surface area contributed by atoms with E-state index in [9.17, 15) is 14.4 Å². The minimum absolute atomic E-state index is 0.0913. The lowest BCUT2D eigenvalue weighted by Crippen LogP contribution is -2.58. The first kappa shape index (κ1) is 52.1. The zero-order chi connectivity index (χ0) is 49.9. The van der Waals surface area contributed by atoms with E-state index in [1.807, 2.05) is 95.0 Å². The zero-order valence-electron chi connectivity index (χ0n) is 41.7. The maximum Gasteiger partial charge on any atom is 0.410 e. The van der Waals surface area contributed by atoms with Crippen molar-refractivity contribution >= 4 is 35.0 Å². The molecule has 3 aliphatic carbocycles. The number of anilines is 3. The van der Waals surface area contributed by atoms with Crippen LogP contribution in [-0.4, -0.2) is 90.3 Å². The predicted molar refractivity (Wildman–Crippen MR) is 269 cm³/mol. The number of Topliss-reactive ketones (excluding diaryl/α,β-unsaturated/α-hetero) is 1. The Morgan fingerprint density at radius 1 is 0.638 bits per heavy atom. The van der Waals surface area contributed by atoms with Gasteiger partial charge >= 0.3 is 12.2 Å². The molecule has 14 heteroatoms. The summed E-state index contributed by atoms with van der Waals surface area (Å²) in [6.45, 7) is 16.7. The maximum atomic E-state index is 12.1. The fourth-order valence-corrected chi connectivity index (χ4v) is 10.3. The third-order valence-electron chi connectivity index (χ3n) is 13.8. The van der Waals surface area contributed by atoms with E-state index in [-0.39, 0.29) is 23.0 Å². The number of nitrogens with one attached hydrogen (secondary N) is 3. The van der Waals surface area contributed by atoms with Crippen LogP contribution in [0.4, 0.5) is 26.7 Å². The molecule has 5 N–H and O–H groups in total. The number of hydrogen-bond acceptors (Lipinski definition) is 12. The quantitative estimate of drug-likeness (QED) is 0.163. The molecule has 3 aliphatic heterocycles. The van der Waals surface area contributed by atoms with Crippen LogP contribution in [0.5, 0.6) is 0 Å². The summed E-state index contributed by atoms with van der Waals surface area (Å²) in [4.78, 5) is 38.5. The van der Waals surface area contributed by atoms with Crippen LogP contribution in [0.2, 0.25) is 0 Å². The van der Waals surface area contributed by atoms with Crippen molar-refractivity contribution in [1.82, 2.24) is 15.1 Å². The number of ketones is 1. The molecule has 3 aromatic rings. The summed E-state index contributed by atoms with van der Waals surface area (Å²) in [6.07, 6.45) is 10.5. The van der Waals surface area contributed by atoms with Gasteiger partial charge in [-0.25, -0.2) is 9.59 Å². The number of rotatable bonds is 7. The number of amides is 2. The number of nitriles is 3. The Morgan fingerprint density at radius 3 is 1.38 bits per heavy atom. The zero-order valence-corrected chi connectivity index (χ0v) is 41.7. The van der Waals surface area contributed by atoms with Gasteiger partial charge in [0.15, 0.2) is 0 Å². The minimum Gasteiger partial charge on any atom is -0.444 e. The van der Waals surface area contributed by atoms with Crippen LogP contribution >= 0.6 is 0 Å². The minimum atomic E-state index is -0.439. The van der Waals surface area contributed by atoms with Crippen LogP contribution in [0, 0.1) is 50.2 Å². The van der Waals surface area contributed by atoms with Gasteiger partial charge < -0.3 is 41.0 Å². The Hall–Kier alpha value is -6.30. The van der Waals surface area contributed by atoms with Crippen molar-refractivity contribution in [3.63, 3.8) is 0 Å². The summed E-state index contributed by atoms with van der Waals surface area (Å²) < 4.78 is 10.7. The van der Waals surface area contributed by atoms with E-state index in [1.54, 1.807) is 17.0 Å². The lowest BCUT2D eigenvalue weighted by atomic mass is 9.78. The fraction of sp³-hybridized carbons (Fsp3) is 0.564. The summed E-state index contributed by atoms with van der Waals surface area (Å²) in [6, 6.07) is 31.2. The third-order valence-corrected chi connectivity index (χ3v) is 13.8. The van der Waals surface area contributed by atoms with Gasteiger partial charge in [0.05, 0.1) is 37.5 Å². The summed E-state index contributed by atoms with van der Waals surface area (Å²) in [5.41, 5.74) is 11.7. The van der Waals surface area contributed by atoms with Crippen molar-refractivity contribution in [3.8, 4) is 18.2 Å². The number of likely N-dealkylation sites (tertiary alicyclic amines) is 2. The molecule has 6 fully saturated rings. The Kier molecular flexibility index (Phi) is 16.9. The Bertz CT molecular complexity index is 2330. The number of carbonyl (C=O) groups is 3. The highest BCUT2D eigenvalue weighted by molar-refractivity contribution is 5.82. The number of nitrogens with two attached hydrogens (primary N) is 1. The number of hydrogen-bond donors (Lipinski definition) is 4. The Labute approximate surface area is 409 Å². The van der Waals surface area contributed by atoms with Crippen molar-refractivity contribution in [3.05, 3.63) is 89.5 Å². The molecular formula is C55H73N9O5. The summed E-state index contributed by atoms with van der Waals surface area (Å²) in [5.74, 6) is 0.337. The lowest BCUT2D eigenvalue weighted by molar-refractivity contribution is -0.119. The molecular weight excluding hydrogens is 867 g/mol. The molecule has 2 amide bonds. The molecule has 3 saturated carbocycles. The van der Waals surface area contributed by atoms with Gasteiger partial charge in [0.25, 0.3) is 0 Å². The fourth-order valence-electron chi connectivity index (χ4n) is 10.3. The number of nitrogen functional groups attached to an aromatic ring is 1. The standard InChI is InChI=1S/C20H27N3O2.C15H19N3.C12H19NO3.C8H8N2/c1-19(2,3)25-18(24)23-13-20(14-23)10-8-17(12-20)22-16-6-4-15(5-7-16)9-11-21;16-8-6-12-1-3-13(4-2-12)18-14-5-7-15(9-14)10-17-11-15;1-11(2,3)16-10(15)13-7-12(8-13)5-4-9(14)6-12;9-6-5-7-1-3-8(10)4-2-7/h4-7,17,22H,8-10,12-14H2,1-3H3;1-4,14,17-18H,5-7,9-11H2;4-8H2,1-3H3;1-4H,5,10H2. The smallest absolute Gasteiger partial charge is 0.410 e. The maximum absolute atomic E-state index is 12.1. The average molecular weight is 940 g/mol. The van der Waals surface area contributed by atoms with E-state index in [0.717, 1.165) is 66.8 Å². The van der Waals surface area contributed by atoms with E-state index < -0.39 is 11.2 Å². The molecule has 14 nitrogen and oxygen atoms in total. The van der Waals surface area contributed by atoms with Crippen molar-refractivity contribution in [2.45, 2.75) is 142 Å². The van der Waals surface area contributed by atoms with Gasteiger partial charge in [0, 0.05) is 92.1 Å². The van der Waals surface area contributed by atoms with Gasteiger partial charge in [-0.1, -0.05) is 36.4 Å². The Morgan fingerprint density at radius 2 is 1.03 bits per heavy atom. The molecule has 2 unspecified atom stereocenters. The van der Waals surface area contributed by atoms with E-state index in [0.29, 0.717) is 68.5 Å². The first-order valence-electron chi connectivity index (χ1n) is 24.6. The van der Waals surface area contributed by atoms with Gasteiger partial charge in [0.2, 0.25) is 0 Å². The first-order valence-corrected chi connectivity index (χ1v) is 24.6. The van der Waals surface area contributed by atoms with Crippen LogP contribution in [0.25, 0.3) is 0 Å². The molecule has 3 saturated heterocycles. The average Bonchev–Trinajstić information content (AvgIpc) is 4.00. The van der Waals surface area contributed by atoms with Crippen LogP contribution in [0.1, 0.15) is 116 Å². The largest absolute Gasteiger partial charge is 0.444 e. The van der Waals surface area contributed by atoms with Crippen LogP contribution in [0.3, 0.4) is 0 Å². The molecule has 3 heterocycles. The van der Waals surface area contributed by atoms with Crippen molar-refractivity contribution in [1.29, 1.82) is 15.8 Å². The van der Waals surface area contributed by atoms with E-state index in [2.05, 4.69) is 46.3 Å². The molecule has 9 rings (SSSR count). The summed E-state index contributed by atoms with van der Waals surface area (Å²) in [5, 5.41) is 36.3. The third kappa shape index (κ3) is 15.3. The van der Waals surface area contributed by atoms with Gasteiger partial charge in [-0.05, 0) is 145 Å². The van der Waals surface area contributed by atoms with E-state index in [4.69, 9.17) is 31.0 Å². The van der Waals surface area contributed by atoms with Gasteiger partial charge in [0.1, 0.15) is 17.0 Å². The van der Waals surface area contributed by atoms with Crippen LogP contribution in [0.15, 0.2) is 72.8 Å². The highest BCUT2D eigenvalue weighted by Gasteiger charge is 2.51. The molecule has 0 radical (unpaired) electrons. The Balaban J connectivity index is 0.000000158. The summed E-state index contributed by atoms with van der Waals surface area (Å²) >= 11 is 0. The number of carbonyl (C=O) groups excluding carboxylic acids is 3. The molecule has 6 aliphatic rings. The van der Waals surface area contributed by atoms with Crippen LogP contribution in [-0.2, 0) is 33.5 Å². The number of nitrogens with zero attached hydrogens (tertiary/aromatic N) is 5. The molecule has 0 bridgehead atoms. The number of ether oxygens (including phenoxy) is 2. The van der Waals surface area contributed by atoms with Crippen molar-refractivity contribution < 1.29 is 23.9 Å². The van der Waals surface area contributed by atoms with Crippen molar-refractivity contribution in [2.75, 3.05) is 55.6 Å². The first-order chi connectivity index (χ1) is 32.7. The predicted octanol–water partition coefficient (Wildman–Crippen LogP) is 9.57. The molecule has 3 aromatic carbocycles. The highest BCUT2D eigenvalue weighted by atomic mass is 16.6. The second kappa shape index (κ2) is 22.4. The summed E-state index contributed by atoms with van der Waals surface area (Å²) in [7, 11) is 0. The van der Waals surface area contributed by atoms with Crippen LogP contribution < -0.4 is 21.7 Å². The SMILES string of the molecule is CC(C)(C)OC(=O)N1CC2(CCC(=O)C2)C1.CC(C)(C)OC(=O)N1CC2(CCC(Nc3ccc(CC#N)cc3)C2)C1.N#CCc1ccc(N)cc1.N#CCc1ccc(NC2CCC3(CNC3)C2)cc1. The van der Waals surface area contributed by atoms with Gasteiger partial charge in [-0.2, -0.15) is 15.8 Å². The molecule has 69 heavy (non-hydrogen) atoms. The van der Waals surface area contributed by atoms with Gasteiger partial charge in [-0.15, -0.1) is 0 Å². The second-order valence-corrected chi connectivity index (χ2v) is 22.3. The molecule has 0 aromatic heterocycles. The normalized spacial score (nSPS) is 20.9. The van der Waals surface area contributed by atoms with E-state index >= 15 is 0 Å². The molecule has 368 valence electrons. The van der Waals surface area contributed by atoms with E-state index in [1.165, 1.54) is 38.0 Å². The highest BCUT2D eigenvalue weighted by Crippen LogP contribution is 2.47. The van der Waals surface area contributed by atoms with Gasteiger partial charge in [-0.3, -0.25) is 4.79 Å². The topological polar surface area (TPSA) is 210 Å².